The molecule has 0 saturated carbocycles. The third kappa shape index (κ3) is 4.83. The summed E-state index contributed by atoms with van der Waals surface area (Å²) in [7, 11) is 1.62. The van der Waals surface area contributed by atoms with E-state index in [0.717, 1.165) is 11.3 Å². The number of benzene rings is 1. The fourth-order valence-electron chi connectivity index (χ4n) is 1.11. The number of nitrogens with two attached hydrogens (primary N) is 1. The molecule has 5 nitrogen and oxygen atoms in total. The highest BCUT2D eigenvalue weighted by atomic mass is 16.5. The lowest BCUT2D eigenvalue weighted by Gasteiger charge is -1.99. The molecule has 5 heteroatoms. The van der Waals surface area contributed by atoms with E-state index in [4.69, 9.17) is 10.5 Å². The Hall–Kier alpha value is -2.30. The second kappa shape index (κ2) is 6.32. The molecule has 0 atom stereocenters. The number of carbonyl (C=O) groups excluding carboxylic acids is 1. The monoisotopic (exact) mass is 233 g/mol. The third-order valence-electron chi connectivity index (χ3n) is 1.98. The van der Waals surface area contributed by atoms with Crippen LogP contribution in [0.2, 0.25) is 0 Å². The molecule has 0 spiro atoms. The number of nitrogens with one attached hydrogen (secondary N) is 1. The second-order valence-corrected chi connectivity index (χ2v) is 3.34. The number of methoxy groups -OCH3 is 1. The number of hydrogen-bond donors (Lipinski definition) is 2. The predicted octanol–water partition coefficient (Wildman–Crippen LogP) is 1.75. The van der Waals surface area contributed by atoms with E-state index in [9.17, 15) is 4.79 Å². The molecule has 0 heterocycles. The van der Waals surface area contributed by atoms with Crippen LogP contribution in [0.5, 0.6) is 5.75 Å². The first kappa shape index (κ1) is 12.8. The standard InChI is InChI=1S/C12H15N3O2/c1-9(14-15-12(13)16)3-4-10-5-7-11(17-2)8-6-10/h3-8H,1-2H3,(H3,13,15,16)/b4-3-,14-9-. The number of allylic oxidation sites excluding steroid dienone is 1. The van der Waals surface area contributed by atoms with Gasteiger partial charge in [-0.2, -0.15) is 5.10 Å². The van der Waals surface area contributed by atoms with Gasteiger partial charge in [-0.25, -0.2) is 10.2 Å². The Balaban J connectivity index is 2.63. The second-order valence-electron chi connectivity index (χ2n) is 3.34. The van der Waals surface area contributed by atoms with Crippen LogP contribution in [0.1, 0.15) is 12.5 Å². The lowest BCUT2D eigenvalue weighted by Crippen LogP contribution is -2.25. The summed E-state index contributed by atoms with van der Waals surface area (Å²) < 4.78 is 5.05. The number of nitrogens with zero attached hydrogens (tertiary/aromatic N) is 1. The fourth-order valence-corrected chi connectivity index (χ4v) is 1.11. The minimum absolute atomic E-state index is 0.652. The molecule has 1 rings (SSSR count). The number of ether oxygens (including phenoxy) is 1. The molecule has 0 unspecified atom stereocenters. The zero-order valence-electron chi connectivity index (χ0n) is 9.81. The van der Waals surface area contributed by atoms with Crippen LogP contribution in [0, 0.1) is 0 Å². The molecule has 0 radical (unpaired) electrons. The van der Waals surface area contributed by atoms with Crippen molar-refractivity contribution in [3.05, 3.63) is 35.9 Å². The van der Waals surface area contributed by atoms with Crippen LogP contribution in [0.4, 0.5) is 4.79 Å². The van der Waals surface area contributed by atoms with Gasteiger partial charge in [0.1, 0.15) is 5.75 Å². The van der Waals surface area contributed by atoms with Gasteiger partial charge in [-0.05, 0) is 30.7 Å². The average Bonchev–Trinajstić information content (AvgIpc) is 2.34. The van der Waals surface area contributed by atoms with Crippen LogP contribution >= 0.6 is 0 Å². The first-order chi connectivity index (χ1) is 8.11. The Kier molecular flexibility index (Phi) is 4.75. The Morgan fingerprint density at radius 2 is 2.06 bits per heavy atom. The number of amides is 2. The fraction of sp³-hybridized carbons (Fsp3) is 0.167. The summed E-state index contributed by atoms with van der Waals surface area (Å²) in [5, 5.41) is 3.75. The lowest BCUT2D eigenvalue weighted by atomic mass is 10.2. The summed E-state index contributed by atoms with van der Waals surface area (Å²) in [6.45, 7) is 1.76. The van der Waals surface area contributed by atoms with Crippen LogP contribution in [-0.4, -0.2) is 18.9 Å². The molecular weight excluding hydrogens is 218 g/mol. The highest BCUT2D eigenvalue weighted by Crippen LogP contribution is 2.12. The van der Waals surface area contributed by atoms with Crippen molar-refractivity contribution in [3.63, 3.8) is 0 Å². The summed E-state index contributed by atoms with van der Waals surface area (Å²) in [6, 6.07) is 6.90. The molecule has 1 aromatic rings. The summed E-state index contributed by atoms with van der Waals surface area (Å²) in [6.07, 6.45) is 3.65. The third-order valence-corrected chi connectivity index (χ3v) is 1.98. The summed E-state index contributed by atoms with van der Waals surface area (Å²) >= 11 is 0. The van der Waals surface area contributed by atoms with Crippen LogP contribution in [-0.2, 0) is 0 Å². The van der Waals surface area contributed by atoms with Crippen molar-refractivity contribution < 1.29 is 9.53 Å². The Labute approximate surface area is 100.0 Å². The molecule has 0 aromatic heterocycles. The van der Waals surface area contributed by atoms with E-state index in [0.29, 0.717) is 5.71 Å². The van der Waals surface area contributed by atoms with E-state index in [1.165, 1.54) is 0 Å². The molecular formula is C12H15N3O2. The first-order valence-electron chi connectivity index (χ1n) is 5.03. The van der Waals surface area contributed by atoms with Gasteiger partial charge in [-0.15, -0.1) is 0 Å². The molecule has 0 bridgehead atoms. The minimum atomic E-state index is -0.679. The zero-order chi connectivity index (χ0) is 12.7. The van der Waals surface area contributed by atoms with Crippen LogP contribution in [0.15, 0.2) is 35.4 Å². The number of hydrazone groups is 1. The topological polar surface area (TPSA) is 76.7 Å². The van der Waals surface area contributed by atoms with Crippen molar-refractivity contribution in [3.8, 4) is 5.75 Å². The quantitative estimate of drug-likeness (QED) is 0.614. The molecule has 3 N–H and O–H groups in total. The first-order valence-corrected chi connectivity index (χ1v) is 5.03. The van der Waals surface area contributed by atoms with Gasteiger partial charge in [0.15, 0.2) is 0 Å². The Morgan fingerprint density at radius 1 is 1.41 bits per heavy atom. The smallest absolute Gasteiger partial charge is 0.332 e. The molecule has 1 aromatic carbocycles. The van der Waals surface area contributed by atoms with Crippen molar-refractivity contribution in [2.75, 3.05) is 7.11 Å². The van der Waals surface area contributed by atoms with Crippen LogP contribution < -0.4 is 15.9 Å². The van der Waals surface area contributed by atoms with E-state index in [-0.39, 0.29) is 0 Å². The largest absolute Gasteiger partial charge is 0.497 e. The highest BCUT2D eigenvalue weighted by Gasteiger charge is 1.91. The van der Waals surface area contributed by atoms with Gasteiger partial charge in [0.2, 0.25) is 0 Å². The van der Waals surface area contributed by atoms with Crippen LogP contribution in [0.3, 0.4) is 0 Å². The highest BCUT2D eigenvalue weighted by molar-refractivity contribution is 5.96. The molecule has 0 aliphatic rings. The predicted molar refractivity (Wildman–Crippen MR) is 67.9 cm³/mol. The Bertz CT molecular complexity index is 436. The summed E-state index contributed by atoms with van der Waals surface area (Å²) in [5.74, 6) is 0.808. The summed E-state index contributed by atoms with van der Waals surface area (Å²) in [5.41, 5.74) is 8.71. The molecule has 2 amide bonds. The van der Waals surface area contributed by atoms with Crippen molar-refractivity contribution >= 4 is 17.8 Å². The number of primary amides is 1. The van der Waals surface area contributed by atoms with Crippen molar-refractivity contribution in [1.29, 1.82) is 0 Å². The molecule has 0 saturated heterocycles. The van der Waals surface area contributed by atoms with Gasteiger partial charge in [0, 0.05) is 0 Å². The van der Waals surface area contributed by atoms with Gasteiger partial charge in [0.05, 0.1) is 12.8 Å². The van der Waals surface area contributed by atoms with Gasteiger partial charge in [-0.3, -0.25) is 0 Å². The molecule has 0 aliphatic heterocycles. The maximum atomic E-state index is 10.4. The molecule has 17 heavy (non-hydrogen) atoms. The van der Waals surface area contributed by atoms with E-state index in [1.807, 2.05) is 30.3 Å². The van der Waals surface area contributed by atoms with Gasteiger partial charge in [0.25, 0.3) is 0 Å². The number of rotatable bonds is 4. The maximum absolute atomic E-state index is 10.4. The van der Waals surface area contributed by atoms with Crippen LogP contribution in [0.25, 0.3) is 6.08 Å². The maximum Gasteiger partial charge on any atom is 0.332 e. The van der Waals surface area contributed by atoms with E-state index in [1.54, 1.807) is 20.1 Å². The van der Waals surface area contributed by atoms with Gasteiger partial charge < -0.3 is 10.5 Å². The molecule has 0 fully saturated rings. The number of carbonyl (C=O) groups is 1. The van der Waals surface area contributed by atoms with E-state index < -0.39 is 6.03 Å². The van der Waals surface area contributed by atoms with Gasteiger partial charge >= 0.3 is 6.03 Å². The average molecular weight is 233 g/mol. The van der Waals surface area contributed by atoms with Gasteiger partial charge in [-0.1, -0.05) is 18.2 Å². The van der Waals surface area contributed by atoms with E-state index >= 15 is 0 Å². The van der Waals surface area contributed by atoms with Crippen molar-refractivity contribution in [1.82, 2.24) is 5.43 Å². The zero-order valence-corrected chi connectivity index (χ0v) is 9.81. The normalized spacial score (nSPS) is 11.5. The van der Waals surface area contributed by atoms with Crippen molar-refractivity contribution in [2.24, 2.45) is 10.8 Å². The minimum Gasteiger partial charge on any atom is -0.497 e. The van der Waals surface area contributed by atoms with E-state index in [2.05, 4.69) is 10.5 Å². The lowest BCUT2D eigenvalue weighted by molar-refractivity contribution is 0.249. The molecule has 90 valence electrons. The summed E-state index contributed by atoms with van der Waals surface area (Å²) in [4.78, 5) is 10.4. The molecule has 0 aliphatic carbocycles. The number of hydrogen-bond acceptors (Lipinski definition) is 3. The number of urea groups is 1. The Morgan fingerprint density at radius 3 is 2.59 bits per heavy atom. The SMILES string of the molecule is COc1ccc(/C=C\C(C)=N/NC(N)=O)cc1. The van der Waals surface area contributed by atoms with Crippen molar-refractivity contribution in [2.45, 2.75) is 6.92 Å².